The molecule has 4 rings (SSSR count). The minimum atomic E-state index is -0.313. The van der Waals surface area contributed by atoms with E-state index in [0.29, 0.717) is 18.0 Å². The van der Waals surface area contributed by atoms with Gasteiger partial charge in [-0.15, -0.1) is 11.8 Å². The van der Waals surface area contributed by atoms with Gasteiger partial charge in [-0.3, -0.25) is 4.79 Å². The quantitative estimate of drug-likeness (QED) is 0.541. The minimum absolute atomic E-state index is 0.0648. The molecule has 3 aromatic carbocycles. The van der Waals surface area contributed by atoms with Crippen LogP contribution in [0.5, 0.6) is 0 Å². The Morgan fingerprint density at radius 2 is 1.68 bits per heavy atom. The van der Waals surface area contributed by atoms with Crippen LogP contribution in [0.2, 0.25) is 0 Å². The molecule has 0 spiro atoms. The van der Waals surface area contributed by atoms with E-state index in [2.05, 4.69) is 22.8 Å². The summed E-state index contributed by atoms with van der Waals surface area (Å²) in [5.41, 5.74) is 6.65. The van der Waals surface area contributed by atoms with Crippen LogP contribution >= 0.6 is 11.8 Å². The van der Waals surface area contributed by atoms with Crippen molar-refractivity contribution in [1.29, 1.82) is 0 Å². The van der Waals surface area contributed by atoms with Crippen molar-refractivity contribution < 1.29 is 9.59 Å². The first kappa shape index (κ1) is 21.0. The zero-order valence-electron chi connectivity index (χ0n) is 17.9. The normalized spacial score (nSPS) is 13.0. The lowest BCUT2D eigenvalue weighted by molar-refractivity contribution is -0.116. The SMILES string of the molecule is Cc1ccc(CN2C(=O)CSc3ccc(NC(=O)Nc4ccc(C)cc4C)cc32)cc1. The van der Waals surface area contributed by atoms with E-state index in [1.807, 2.05) is 69.3 Å². The highest BCUT2D eigenvalue weighted by atomic mass is 32.2. The molecule has 0 atom stereocenters. The van der Waals surface area contributed by atoms with E-state index >= 15 is 0 Å². The van der Waals surface area contributed by atoms with E-state index in [1.165, 1.54) is 17.3 Å². The number of anilines is 3. The van der Waals surface area contributed by atoms with Crippen LogP contribution in [0.15, 0.2) is 65.6 Å². The summed E-state index contributed by atoms with van der Waals surface area (Å²) in [6.45, 7) is 6.53. The molecule has 6 heteroatoms. The lowest BCUT2D eigenvalue weighted by Gasteiger charge is -2.29. The summed E-state index contributed by atoms with van der Waals surface area (Å²) in [7, 11) is 0. The second-order valence-corrected chi connectivity index (χ2v) is 8.85. The summed E-state index contributed by atoms with van der Waals surface area (Å²) in [6, 6.07) is 19.5. The number of hydrogen-bond acceptors (Lipinski definition) is 3. The maximum atomic E-state index is 12.7. The number of nitrogens with zero attached hydrogens (tertiary/aromatic N) is 1. The molecule has 3 aromatic rings. The molecular weight excluding hydrogens is 406 g/mol. The lowest BCUT2D eigenvalue weighted by Crippen LogP contribution is -2.34. The lowest BCUT2D eigenvalue weighted by atomic mass is 10.1. The number of urea groups is 1. The second-order valence-electron chi connectivity index (χ2n) is 7.83. The van der Waals surface area contributed by atoms with Gasteiger partial charge in [-0.1, -0.05) is 47.5 Å². The van der Waals surface area contributed by atoms with Crippen molar-refractivity contribution in [2.75, 3.05) is 21.3 Å². The number of thioether (sulfide) groups is 1. The molecule has 31 heavy (non-hydrogen) atoms. The van der Waals surface area contributed by atoms with E-state index < -0.39 is 0 Å². The fourth-order valence-corrected chi connectivity index (χ4v) is 4.48. The van der Waals surface area contributed by atoms with Crippen LogP contribution < -0.4 is 15.5 Å². The van der Waals surface area contributed by atoms with Crippen molar-refractivity contribution in [2.45, 2.75) is 32.2 Å². The standard InChI is InChI=1S/C25H25N3O2S/c1-16-4-7-19(8-5-16)14-28-22-13-20(9-11-23(22)31-15-24(28)29)26-25(30)27-21-10-6-17(2)12-18(21)3/h4-13H,14-15H2,1-3H3,(H2,26,27,30). The van der Waals surface area contributed by atoms with Gasteiger partial charge in [-0.2, -0.15) is 0 Å². The van der Waals surface area contributed by atoms with Gasteiger partial charge in [0.15, 0.2) is 0 Å². The summed E-state index contributed by atoms with van der Waals surface area (Å²) in [5.74, 6) is 0.480. The van der Waals surface area contributed by atoms with Crippen LogP contribution in [0.3, 0.4) is 0 Å². The molecule has 0 aromatic heterocycles. The fourth-order valence-electron chi connectivity index (χ4n) is 3.57. The fraction of sp³-hybridized carbons (Fsp3) is 0.200. The molecule has 0 aliphatic carbocycles. The average Bonchev–Trinajstić information content (AvgIpc) is 2.74. The highest BCUT2D eigenvalue weighted by Crippen LogP contribution is 2.38. The van der Waals surface area contributed by atoms with Gasteiger partial charge in [0.2, 0.25) is 5.91 Å². The van der Waals surface area contributed by atoms with E-state index in [9.17, 15) is 9.59 Å². The van der Waals surface area contributed by atoms with Crippen molar-refractivity contribution in [1.82, 2.24) is 0 Å². The summed E-state index contributed by atoms with van der Waals surface area (Å²) in [5, 5.41) is 5.79. The predicted octanol–water partition coefficient (Wildman–Crippen LogP) is 5.89. The van der Waals surface area contributed by atoms with Crippen molar-refractivity contribution in [3.63, 3.8) is 0 Å². The third-order valence-electron chi connectivity index (χ3n) is 5.25. The van der Waals surface area contributed by atoms with Gasteiger partial charge in [-0.05, 0) is 56.2 Å². The molecule has 5 nitrogen and oxygen atoms in total. The Morgan fingerprint density at radius 3 is 2.42 bits per heavy atom. The Balaban J connectivity index is 1.53. The number of aryl methyl sites for hydroxylation is 3. The number of nitrogens with one attached hydrogen (secondary N) is 2. The number of amides is 3. The number of carbonyl (C=O) groups is 2. The van der Waals surface area contributed by atoms with Gasteiger partial charge in [0.05, 0.1) is 18.0 Å². The number of fused-ring (bicyclic) bond motifs is 1. The van der Waals surface area contributed by atoms with Crippen LogP contribution in [-0.2, 0) is 11.3 Å². The average molecular weight is 432 g/mol. The molecule has 0 fully saturated rings. The van der Waals surface area contributed by atoms with Gasteiger partial charge in [-0.25, -0.2) is 4.79 Å². The Morgan fingerprint density at radius 1 is 0.935 bits per heavy atom. The Labute approximate surface area is 186 Å². The van der Waals surface area contributed by atoms with Crippen molar-refractivity contribution in [3.05, 3.63) is 82.9 Å². The first-order valence-electron chi connectivity index (χ1n) is 10.2. The van der Waals surface area contributed by atoms with Gasteiger partial charge in [0.25, 0.3) is 0 Å². The topological polar surface area (TPSA) is 61.4 Å². The molecule has 0 unspecified atom stereocenters. The maximum absolute atomic E-state index is 12.7. The zero-order chi connectivity index (χ0) is 22.0. The van der Waals surface area contributed by atoms with Crippen molar-refractivity contribution in [2.24, 2.45) is 0 Å². The summed E-state index contributed by atoms with van der Waals surface area (Å²) in [6.07, 6.45) is 0. The van der Waals surface area contributed by atoms with Gasteiger partial charge in [0.1, 0.15) is 0 Å². The highest BCUT2D eigenvalue weighted by Gasteiger charge is 2.25. The first-order chi connectivity index (χ1) is 14.9. The smallest absolute Gasteiger partial charge is 0.308 e. The van der Waals surface area contributed by atoms with E-state index in [0.717, 1.165) is 33.0 Å². The van der Waals surface area contributed by atoms with Crippen molar-refractivity contribution in [3.8, 4) is 0 Å². The molecule has 2 N–H and O–H groups in total. The zero-order valence-corrected chi connectivity index (χ0v) is 18.7. The van der Waals surface area contributed by atoms with Crippen LogP contribution in [-0.4, -0.2) is 17.7 Å². The molecule has 158 valence electrons. The summed E-state index contributed by atoms with van der Waals surface area (Å²) in [4.78, 5) is 28.1. The van der Waals surface area contributed by atoms with Crippen LogP contribution in [0, 0.1) is 20.8 Å². The third-order valence-corrected chi connectivity index (χ3v) is 6.30. The van der Waals surface area contributed by atoms with Gasteiger partial charge >= 0.3 is 6.03 Å². The summed E-state index contributed by atoms with van der Waals surface area (Å²) >= 11 is 1.53. The number of hydrogen-bond donors (Lipinski definition) is 2. The molecule has 0 saturated carbocycles. The van der Waals surface area contributed by atoms with E-state index in [4.69, 9.17) is 0 Å². The van der Waals surface area contributed by atoms with Gasteiger partial charge in [0, 0.05) is 16.3 Å². The van der Waals surface area contributed by atoms with Crippen molar-refractivity contribution >= 4 is 40.8 Å². The first-order valence-corrected chi connectivity index (χ1v) is 11.2. The Kier molecular flexibility index (Phi) is 6.00. The summed E-state index contributed by atoms with van der Waals surface area (Å²) < 4.78 is 0. The third kappa shape index (κ3) is 4.91. The molecule has 1 heterocycles. The minimum Gasteiger partial charge on any atom is -0.308 e. The van der Waals surface area contributed by atoms with E-state index in [-0.39, 0.29) is 11.9 Å². The van der Waals surface area contributed by atoms with Crippen LogP contribution in [0.1, 0.15) is 22.3 Å². The van der Waals surface area contributed by atoms with Gasteiger partial charge < -0.3 is 15.5 Å². The molecule has 1 aliphatic rings. The monoisotopic (exact) mass is 431 g/mol. The molecule has 0 saturated heterocycles. The number of carbonyl (C=O) groups excluding carboxylic acids is 2. The van der Waals surface area contributed by atoms with Crippen LogP contribution in [0.4, 0.5) is 21.9 Å². The molecular formula is C25H25N3O2S. The highest BCUT2D eigenvalue weighted by molar-refractivity contribution is 8.00. The largest absolute Gasteiger partial charge is 0.323 e. The Bertz CT molecular complexity index is 1140. The number of rotatable bonds is 4. The Hall–Kier alpha value is -3.25. The number of benzene rings is 3. The second kappa shape index (κ2) is 8.86. The van der Waals surface area contributed by atoms with E-state index in [1.54, 1.807) is 4.90 Å². The molecule has 1 aliphatic heterocycles. The predicted molar refractivity (Wildman–Crippen MR) is 128 cm³/mol. The molecule has 0 radical (unpaired) electrons. The maximum Gasteiger partial charge on any atom is 0.323 e. The van der Waals surface area contributed by atoms with Crippen LogP contribution in [0.25, 0.3) is 0 Å². The molecule has 3 amide bonds. The molecule has 0 bridgehead atoms.